The summed E-state index contributed by atoms with van der Waals surface area (Å²) in [5.74, 6) is 0.233. The van der Waals surface area contributed by atoms with Crippen molar-refractivity contribution < 1.29 is 4.79 Å². The molecule has 1 unspecified atom stereocenters. The number of hydrogen-bond donors (Lipinski definition) is 0. The minimum atomic E-state index is -0.0134. The average Bonchev–Trinajstić information content (AvgIpc) is 2.51. The molecule has 1 saturated heterocycles. The van der Waals surface area contributed by atoms with E-state index in [1.807, 2.05) is 11.8 Å². The summed E-state index contributed by atoms with van der Waals surface area (Å²) in [6.07, 6.45) is 2.55. The molecular weight excluding hydrogens is 152 g/mol. The van der Waals surface area contributed by atoms with Gasteiger partial charge in [-0.15, -0.1) is 0 Å². The van der Waals surface area contributed by atoms with Crippen LogP contribution < -0.4 is 0 Å². The number of likely N-dealkylation sites (tertiary alicyclic amines) is 1. The number of rotatable bonds is 3. The van der Waals surface area contributed by atoms with Crippen LogP contribution in [0.25, 0.3) is 0 Å². The molecule has 0 radical (unpaired) electrons. The van der Waals surface area contributed by atoms with Crippen molar-refractivity contribution in [3.8, 4) is 6.07 Å². The summed E-state index contributed by atoms with van der Waals surface area (Å²) < 4.78 is 0. The lowest BCUT2D eigenvalue weighted by molar-refractivity contribution is -0.119. The van der Waals surface area contributed by atoms with Crippen molar-refractivity contribution in [3.05, 3.63) is 0 Å². The zero-order chi connectivity index (χ0) is 8.97. The maximum Gasteiger partial charge on any atom is 0.146 e. The Morgan fingerprint density at radius 2 is 2.50 bits per heavy atom. The van der Waals surface area contributed by atoms with Crippen molar-refractivity contribution in [1.29, 1.82) is 5.26 Å². The summed E-state index contributed by atoms with van der Waals surface area (Å²) in [7, 11) is 0. The Balaban J connectivity index is 2.42. The van der Waals surface area contributed by atoms with Gasteiger partial charge in [-0.3, -0.25) is 9.69 Å². The highest BCUT2D eigenvalue weighted by atomic mass is 16.1. The molecule has 0 aromatic rings. The lowest BCUT2D eigenvalue weighted by Crippen LogP contribution is -2.33. The van der Waals surface area contributed by atoms with E-state index in [0.717, 1.165) is 19.4 Å². The summed E-state index contributed by atoms with van der Waals surface area (Å²) >= 11 is 0. The molecule has 3 nitrogen and oxygen atoms in total. The number of nitrogens with zero attached hydrogens (tertiary/aromatic N) is 2. The van der Waals surface area contributed by atoms with Gasteiger partial charge >= 0.3 is 0 Å². The molecule has 1 aliphatic rings. The maximum absolute atomic E-state index is 11.1. The Hall–Kier alpha value is -0.880. The number of nitriles is 1. The molecule has 12 heavy (non-hydrogen) atoms. The zero-order valence-electron chi connectivity index (χ0n) is 7.42. The largest absolute Gasteiger partial charge is 0.298 e. The molecule has 0 N–H and O–H groups in total. The lowest BCUT2D eigenvalue weighted by atomic mass is 10.2. The van der Waals surface area contributed by atoms with Gasteiger partial charge in [0.1, 0.15) is 5.78 Å². The molecule has 1 aliphatic heterocycles. The van der Waals surface area contributed by atoms with Crippen molar-refractivity contribution in [1.82, 2.24) is 4.90 Å². The second-order valence-corrected chi connectivity index (χ2v) is 3.15. The van der Waals surface area contributed by atoms with Gasteiger partial charge < -0.3 is 0 Å². The van der Waals surface area contributed by atoms with Crippen molar-refractivity contribution in [2.45, 2.75) is 32.2 Å². The summed E-state index contributed by atoms with van der Waals surface area (Å²) in [5.41, 5.74) is 0. The van der Waals surface area contributed by atoms with Crippen LogP contribution in [-0.4, -0.2) is 29.8 Å². The van der Waals surface area contributed by atoms with Crippen LogP contribution in [0.3, 0.4) is 0 Å². The van der Waals surface area contributed by atoms with Gasteiger partial charge in [-0.1, -0.05) is 6.92 Å². The van der Waals surface area contributed by atoms with Gasteiger partial charge in [-0.2, -0.15) is 5.26 Å². The Labute approximate surface area is 73.0 Å². The Kier molecular flexibility index (Phi) is 3.24. The summed E-state index contributed by atoms with van der Waals surface area (Å²) in [6, 6.07) is 2.20. The molecule has 1 heterocycles. The second kappa shape index (κ2) is 4.22. The van der Waals surface area contributed by atoms with Crippen molar-refractivity contribution in [3.63, 3.8) is 0 Å². The Morgan fingerprint density at radius 1 is 1.75 bits per heavy atom. The van der Waals surface area contributed by atoms with E-state index in [4.69, 9.17) is 5.26 Å². The molecule has 0 spiro atoms. The number of carbonyl (C=O) groups excluding carboxylic acids is 1. The molecule has 1 rings (SSSR count). The molecular formula is C9H14N2O. The van der Waals surface area contributed by atoms with E-state index in [9.17, 15) is 4.79 Å². The number of ketones is 1. The molecule has 0 amide bonds. The summed E-state index contributed by atoms with van der Waals surface area (Å²) in [6.45, 7) is 3.23. The van der Waals surface area contributed by atoms with E-state index < -0.39 is 0 Å². The predicted molar refractivity (Wildman–Crippen MR) is 45.5 cm³/mol. The first kappa shape index (κ1) is 9.21. The highest BCUT2D eigenvalue weighted by Crippen LogP contribution is 2.15. The van der Waals surface area contributed by atoms with Crippen molar-refractivity contribution in [2.75, 3.05) is 13.1 Å². The molecule has 0 aromatic carbocycles. The maximum atomic E-state index is 11.1. The van der Waals surface area contributed by atoms with E-state index in [-0.39, 0.29) is 11.8 Å². The Morgan fingerprint density at radius 3 is 3.08 bits per heavy atom. The van der Waals surface area contributed by atoms with Crippen molar-refractivity contribution >= 4 is 5.78 Å². The topological polar surface area (TPSA) is 44.1 Å². The second-order valence-electron chi connectivity index (χ2n) is 3.15. The van der Waals surface area contributed by atoms with Crippen LogP contribution in [0, 0.1) is 11.3 Å². The van der Waals surface area contributed by atoms with Crippen LogP contribution in [-0.2, 0) is 4.79 Å². The highest BCUT2D eigenvalue weighted by Gasteiger charge is 2.24. The van der Waals surface area contributed by atoms with Gasteiger partial charge in [-0.25, -0.2) is 0 Å². The van der Waals surface area contributed by atoms with Crippen LogP contribution in [0.4, 0.5) is 0 Å². The van der Waals surface area contributed by atoms with Gasteiger partial charge in [0.15, 0.2) is 0 Å². The molecule has 0 bridgehead atoms. The molecule has 1 fully saturated rings. The SMILES string of the molecule is CCC(=O)CN1CCCC1C#N. The first-order chi connectivity index (χ1) is 5.77. The van der Waals surface area contributed by atoms with Crippen LogP contribution in [0.1, 0.15) is 26.2 Å². The van der Waals surface area contributed by atoms with Gasteiger partial charge in [0.05, 0.1) is 18.7 Å². The zero-order valence-corrected chi connectivity index (χ0v) is 7.42. The smallest absolute Gasteiger partial charge is 0.146 e. The first-order valence-corrected chi connectivity index (χ1v) is 4.43. The van der Waals surface area contributed by atoms with E-state index in [1.54, 1.807) is 0 Å². The molecule has 3 heteroatoms. The van der Waals surface area contributed by atoms with E-state index >= 15 is 0 Å². The fourth-order valence-electron chi connectivity index (χ4n) is 1.50. The Bertz CT molecular complexity index is 207. The third-order valence-corrected chi connectivity index (χ3v) is 2.29. The highest BCUT2D eigenvalue weighted by molar-refractivity contribution is 5.80. The lowest BCUT2D eigenvalue weighted by Gasteiger charge is -2.16. The first-order valence-electron chi connectivity index (χ1n) is 4.43. The van der Waals surface area contributed by atoms with Crippen LogP contribution in [0.5, 0.6) is 0 Å². The van der Waals surface area contributed by atoms with Gasteiger partial charge in [0.2, 0.25) is 0 Å². The minimum Gasteiger partial charge on any atom is -0.298 e. The van der Waals surface area contributed by atoms with E-state index in [0.29, 0.717) is 13.0 Å². The fraction of sp³-hybridized carbons (Fsp3) is 0.778. The molecule has 0 aliphatic carbocycles. The third-order valence-electron chi connectivity index (χ3n) is 2.29. The average molecular weight is 166 g/mol. The van der Waals surface area contributed by atoms with Crippen LogP contribution >= 0.6 is 0 Å². The molecule has 66 valence electrons. The number of Topliss-reactive ketones (excluding diaryl/α,β-unsaturated/α-hetero) is 1. The monoisotopic (exact) mass is 166 g/mol. The van der Waals surface area contributed by atoms with Crippen LogP contribution in [0.2, 0.25) is 0 Å². The molecule has 0 saturated carbocycles. The minimum absolute atomic E-state index is 0.0134. The molecule has 1 atom stereocenters. The third kappa shape index (κ3) is 2.05. The summed E-state index contributed by atoms with van der Waals surface area (Å²) in [4.78, 5) is 13.1. The standard InChI is InChI=1S/C9H14N2O/c1-2-9(12)7-11-5-3-4-8(11)6-10/h8H,2-5,7H2,1H3. The summed E-state index contributed by atoms with van der Waals surface area (Å²) in [5, 5.41) is 8.72. The van der Waals surface area contributed by atoms with Gasteiger partial charge in [0.25, 0.3) is 0 Å². The normalized spacial score (nSPS) is 23.8. The van der Waals surface area contributed by atoms with Crippen molar-refractivity contribution in [2.24, 2.45) is 0 Å². The van der Waals surface area contributed by atoms with E-state index in [1.165, 1.54) is 0 Å². The van der Waals surface area contributed by atoms with Gasteiger partial charge in [-0.05, 0) is 19.4 Å². The fourth-order valence-corrected chi connectivity index (χ4v) is 1.50. The molecule has 0 aromatic heterocycles. The van der Waals surface area contributed by atoms with Crippen LogP contribution in [0.15, 0.2) is 0 Å². The number of hydrogen-bond acceptors (Lipinski definition) is 3. The van der Waals surface area contributed by atoms with Gasteiger partial charge in [0, 0.05) is 6.42 Å². The predicted octanol–water partition coefficient (Wildman–Crippen LogP) is 0.953. The number of carbonyl (C=O) groups is 1. The van der Waals surface area contributed by atoms with E-state index in [2.05, 4.69) is 6.07 Å². The quantitative estimate of drug-likeness (QED) is 0.627.